The molecule has 1 heterocycles. The normalized spacial score (nSPS) is 13.6. The van der Waals surface area contributed by atoms with Crippen molar-refractivity contribution in [3.8, 4) is 5.75 Å². The van der Waals surface area contributed by atoms with E-state index in [0.29, 0.717) is 22.1 Å². The molecule has 6 heteroatoms. The summed E-state index contributed by atoms with van der Waals surface area (Å²) in [5.41, 5.74) is 7.82. The van der Waals surface area contributed by atoms with E-state index in [2.05, 4.69) is 10.3 Å². The van der Waals surface area contributed by atoms with Gasteiger partial charge in [0.15, 0.2) is 10.9 Å². The molecule has 0 saturated carbocycles. The Hall–Kier alpha value is -2.08. The Morgan fingerprint density at radius 2 is 2.19 bits per heavy atom. The summed E-state index contributed by atoms with van der Waals surface area (Å²) in [6.45, 7) is 0. The number of carbonyl (C=O) groups is 1. The van der Waals surface area contributed by atoms with Gasteiger partial charge in [-0.3, -0.25) is 10.1 Å². The zero-order valence-corrected chi connectivity index (χ0v) is 12.6. The van der Waals surface area contributed by atoms with Crippen LogP contribution in [-0.4, -0.2) is 18.0 Å². The molecule has 1 amide bonds. The number of anilines is 2. The van der Waals surface area contributed by atoms with Crippen molar-refractivity contribution in [3.63, 3.8) is 0 Å². The summed E-state index contributed by atoms with van der Waals surface area (Å²) in [5, 5.41) is 3.50. The number of nitrogens with two attached hydrogens (primary N) is 1. The number of para-hydroxylation sites is 1. The van der Waals surface area contributed by atoms with Crippen LogP contribution >= 0.6 is 11.3 Å². The quantitative estimate of drug-likeness (QED) is 0.855. The van der Waals surface area contributed by atoms with Gasteiger partial charge >= 0.3 is 0 Å². The minimum Gasteiger partial charge on any atom is -0.494 e. The fourth-order valence-corrected chi connectivity index (χ4v) is 3.58. The lowest BCUT2D eigenvalue weighted by molar-refractivity contribution is 0.102. The summed E-state index contributed by atoms with van der Waals surface area (Å²) in [7, 11) is 1.50. The van der Waals surface area contributed by atoms with E-state index >= 15 is 0 Å². The van der Waals surface area contributed by atoms with Gasteiger partial charge in [0.05, 0.1) is 24.1 Å². The molecule has 3 rings (SSSR count). The molecule has 2 aromatic rings. The van der Waals surface area contributed by atoms with Crippen LogP contribution in [0.1, 0.15) is 33.8 Å². The van der Waals surface area contributed by atoms with Crippen LogP contribution in [0.5, 0.6) is 5.75 Å². The molecule has 0 fully saturated rings. The minimum absolute atomic E-state index is 0.245. The van der Waals surface area contributed by atoms with E-state index in [9.17, 15) is 4.79 Å². The highest BCUT2D eigenvalue weighted by Gasteiger charge is 2.19. The van der Waals surface area contributed by atoms with Gasteiger partial charge in [0, 0.05) is 4.88 Å². The number of carbonyl (C=O) groups excluding carboxylic acids is 1. The maximum Gasteiger partial charge on any atom is 0.261 e. The van der Waals surface area contributed by atoms with E-state index in [1.54, 1.807) is 29.5 Å². The Labute approximate surface area is 127 Å². The smallest absolute Gasteiger partial charge is 0.261 e. The SMILES string of the molecule is COc1c(N)cccc1C(=O)Nc1nc2c(s1)CCCC2. The molecule has 3 N–H and O–H groups in total. The maximum atomic E-state index is 12.4. The van der Waals surface area contributed by atoms with Crippen molar-refractivity contribution in [2.24, 2.45) is 0 Å². The van der Waals surface area contributed by atoms with Crippen LogP contribution in [0, 0.1) is 0 Å². The van der Waals surface area contributed by atoms with E-state index in [1.807, 2.05) is 0 Å². The summed E-state index contributed by atoms with van der Waals surface area (Å²) in [6, 6.07) is 5.13. The molecule has 0 unspecified atom stereocenters. The van der Waals surface area contributed by atoms with Gasteiger partial charge in [-0.1, -0.05) is 6.07 Å². The lowest BCUT2D eigenvalue weighted by Gasteiger charge is -2.09. The zero-order valence-electron chi connectivity index (χ0n) is 11.8. The topological polar surface area (TPSA) is 77.2 Å². The predicted molar refractivity (Wildman–Crippen MR) is 84.1 cm³/mol. The highest BCUT2D eigenvalue weighted by Crippen LogP contribution is 2.31. The first-order valence-corrected chi connectivity index (χ1v) is 7.73. The van der Waals surface area contributed by atoms with Crippen LogP contribution < -0.4 is 15.8 Å². The number of fused-ring (bicyclic) bond motifs is 1. The average Bonchev–Trinajstić information content (AvgIpc) is 2.89. The number of aryl methyl sites for hydroxylation is 2. The Kier molecular flexibility index (Phi) is 3.79. The number of thiazole rings is 1. The Balaban J connectivity index is 1.83. The third-order valence-corrected chi connectivity index (χ3v) is 4.63. The molecule has 110 valence electrons. The predicted octanol–water partition coefficient (Wildman–Crippen LogP) is 2.87. The van der Waals surface area contributed by atoms with Crippen molar-refractivity contribution in [1.82, 2.24) is 4.98 Å². The third kappa shape index (κ3) is 2.71. The van der Waals surface area contributed by atoms with Crippen LogP contribution in [0.15, 0.2) is 18.2 Å². The van der Waals surface area contributed by atoms with Gasteiger partial charge in [-0.2, -0.15) is 0 Å². The first-order valence-electron chi connectivity index (χ1n) is 6.91. The van der Waals surface area contributed by atoms with Gasteiger partial charge in [0.2, 0.25) is 0 Å². The number of ether oxygens (including phenoxy) is 1. The number of rotatable bonds is 3. The number of nitrogen functional groups attached to an aromatic ring is 1. The molecule has 1 aliphatic carbocycles. The van der Waals surface area contributed by atoms with Crippen molar-refractivity contribution in [3.05, 3.63) is 34.3 Å². The maximum absolute atomic E-state index is 12.4. The highest BCUT2D eigenvalue weighted by molar-refractivity contribution is 7.15. The molecule has 1 aromatic heterocycles. The Morgan fingerprint density at radius 1 is 1.38 bits per heavy atom. The second-order valence-corrected chi connectivity index (χ2v) is 6.06. The number of amides is 1. The molecule has 0 aliphatic heterocycles. The standard InChI is InChI=1S/C15H17N3O2S/c1-20-13-9(5-4-6-10(13)16)14(19)18-15-17-11-7-2-3-8-12(11)21-15/h4-6H,2-3,7-8,16H2,1H3,(H,17,18,19). The monoisotopic (exact) mass is 303 g/mol. The summed E-state index contributed by atoms with van der Waals surface area (Å²) in [4.78, 5) is 18.2. The third-order valence-electron chi connectivity index (χ3n) is 3.56. The molecule has 0 radical (unpaired) electrons. The summed E-state index contributed by atoms with van der Waals surface area (Å²) >= 11 is 1.56. The molecule has 1 aromatic carbocycles. The fraction of sp³-hybridized carbons (Fsp3) is 0.333. The molecule has 21 heavy (non-hydrogen) atoms. The molecule has 5 nitrogen and oxygen atoms in total. The molecule has 0 bridgehead atoms. The van der Waals surface area contributed by atoms with E-state index in [4.69, 9.17) is 10.5 Å². The van der Waals surface area contributed by atoms with Crippen molar-refractivity contribution in [2.75, 3.05) is 18.2 Å². The lowest BCUT2D eigenvalue weighted by Crippen LogP contribution is -2.13. The first kappa shape index (κ1) is 13.9. The minimum atomic E-state index is -0.245. The van der Waals surface area contributed by atoms with Crippen molar-refractivity contribution >= 4 is 28.1 Å². The van der Waals surface area contributed by atoms with Crippen LogP contribution in [0.2, 0.25) is 0 Å². The van der Waals surface area contributed by atoms with Gasteiger partial charge in [-0.25, -0.2) is 4.98 Å². The zero-order chi connectivity index (χ0) is 14.8. The van der Waals surface area contributed by atoms with E-state index < -0.39 is 0 Å². The number of hydrogen-bond acceptors (Lipinski definition) is 5. The fourth-order valence-electron chi connectivity index (χ4n) is 2.53. The van der Waals surface area contributed by atoms with Crippen molar-refractivity contribution in [1.29, 1.82) is 0 Å². The van der Waals surface area contributed by atoms with Gasteiger partial charge in [-0.15, -0.1) is 11.3 Å². The lowest BCUT2D eigenvalue weighted by atomic mass is 10.0. The second kappa shape index (κ2) is 5.73. The van der Waals surface area contributed by atoms with E-state index in [0.717, 1.165) is 18.5 Å². The average molecular weight is 303 g/mol. The van der Waals surface area contributed by atoms with Crippen molar-refractivity contribution in [2.45, 2.75) is 25.7 Å². The molecular formula is C15H17N3O2S. The van der Waals surface area contributed by atoms with Gasteiger partial charge in [0.25, 0.3) is 5.91 Å². The summed E-state index contributed by atoms with van der Waals surface area (Å²) in [5.74, 6) is 0.154. The molecule has 0 saturated heterocycles. The van der Waals surface area contributed by atoms with Crippen LogP contribution in [0.4, 0.5) is 10.8 Å². The number of benzene rings is 1. The van der Waals surface area contributed by atoms with E-state index in [1.165, 1.54) is 24.8 Å². The van der Waals surface area contributed by atoms with E-state index in [-0.39, 0.29) is 5.91 Å². The molecular weight excluding hydrogens is 286 g/mol. The Bertz CT molecular complexity index is 658. The summed E-state index contributed by atoms with van der Waals surface area (Å²) in [6.07, 6.45) is 4.44. The summed E-state index contributed by atoms with van der Waals surface area (Å²) < 4.78 is 5.21. The number of aromatic nitrogens is 1. The number of methoxy groups -OCH3 is 1. The highest BCUT2D eigenvalue weighted by atomic mass is 32.1. The van der Waals surface area contributed by atoms with Crippen LogP contribution in [-0.2, 0) is 12.8 Å². The van der Waals surface area contributed by atoms with Gasteiger partial charge in [0.1, 0.15) is 0 Å². The number of nitrogens with zero attached hydrogens (tertiary/aromatic N) is 1. The first-order chi connectivity index (χ1) is 10.2. The second-order valence-electron chi connectivity index (χ2n) is 4.98. The molecule has 0 atom stereocenters. The van der Waals surface area contributed by atoms with Crippen molar-refractivity contribution < 1.29 is 9.53 Å². The molecule has 0 spiro atoms. The Morgan fingerprint density at radius 3 is 2.95 bits per heavy atom. The number of hydrogen-bond donors (Lipinski definition) is 2. The van der Waals surface area contributed by atoms with Gasteiger partial charge in [-0.05, 0) is 37.8 Å². The van der Waals surface area contributed by atoms with Crippen LogP contribution in [0.25, 0.3) is 0 Å². The molecule has 1 aliphatic rings. The number of nitrogens with one attached hydrogen (secondary N) is 1. The largest absolute Gasteiger partial charge is 0.494 e. The van der Waals surface area contributed by atoms with Gasteiger partial charge < -0.3 is 10.5 Å². The van der Waals surface area contributed by atoms with Crippen LogP contribution in [0.3, 0.4) is 0 Å².